The van der Waals surface area contributed by atoms with Crippen LogP contribution in [0.3, 0.4) is 0 Å². The van der Waals surface area contributed by atoms with Gasteiger partial charge in [0.1, 0.15) is 5.56 Å². The highest BCUT2D eigenvalue weighted by Gasteiger charge is 2.27. The van der Waals surface area contributed by atoms with E-state index in [9.17, 15) is 9.59 Å². The minimum absolute atomic E-state index is 0.0631. The highest BCUT2D eigenvalue weighted by Crippen LogP contribution is 2.16. The number of rotatable bonds is 3. The van der Waals surface area contributed by atoms with Gasteiger partial charge >= 0.3 is 0 Å². The summed E-state index contributed by atoms with van der Waals surface area (Å²) < 4.78 is 5.83. The third kappa shape index (κ3) is 3.51. The smallest absolute Gasteiger partial charge is 0.259 e. The highest BCUT2D eigenvalue weighted by atomic mass is 16.5. The minimum atomic E-state index is -0.235. The second-order valence-electron chi connectivity index (χ2n) is 6.96. The molecule has 1 N–H and O–H groups in total. The van der Waals surface area contributed by atoms with Crippen LogP contribution in [0.4, 0.5) is 0 Å². The molecule has 0 radical (unpaired) electrons. The molecule has 3 aromatic rings. The van der Waals surface area contributed by atoms with E-state index < -0.39 is 0 Å². The number of aromatic amines is 1. The van der Waals surface area contributed by atoms with Crippen LogP contribution >= 0.6 is 0 Å². The van der Waals surface area contributed by atoms with Crippen molar-refractivity contribution in [3.05, 3.63) is 81.6 Å². The number of amides is 1. The number of nitrogens with one attached hydrogen (secondary N) is 1. The average Bonchev–Trinajstić information content (AvgIpc) is 2.69. The largest absolute Gasteiger partial charge is 0.374 e. The Hall–Kier alpha value is -2.92. The maximum absolute atomic E-state index is 13.0. The first-order valence-corrected chi connectivity index (χ1v) is 9.19. The molecule has 1 amide bonds. The van der Waals surface area contributed by atoms with Crippen molar-refractivity contribution < 1.29 is 9.53 Å². The van der Waals surface area contributed by atoms with E-state index in [0.717, 1.165) is 17.5 Å². The molecule has 1 aromatic heterocycles. The van der Waals surface area contributed by atoms with Gasteiger partial charge in [-0.3, -0.25) is 9.59 Å². The van der Waals surface area contributed by atoms with Crippen molar-refractivity contribution in [3.63, 3.8) is 0 Å². The van der Waals surface area contributed by atoms with Crippen LogP contribution in [0.25, 0.3) is 10.9 Å². The molecule has 5 heteroatoms. The molecule has 2 heterocycles. The summed E-state index contributed by atoms with van der Waals surface area (Å²) in [6.07, 6.45) is 2.23. The van der Waals surface area contributed by atoms with Crippen molar-refractivity contribution in [2.24, 2.45) is 0 Å². The first kappa shape index (κ1) is 17.5. The molecule has 0 bridgehead atoms. The first-order valence-electron chi connectivity index (χ1n) is 9.19. The summed E-state index contributed by atoms with van der Waals surface area (Å²) in [5.74, 6) is -0.235. The summed E-state index contributed by atoms with van der Waals surface area (Å²) in [7, 11) is 0. The van der Waals surface area contributed by atoms with E-state index in [1.54, 1.807) is 17.2 Å². The molecule has 0 aliphatic carbocycles. The number of morpholine rings is 1. The number of H-pyrrole nitrogens is 1. The third-order valence-corrected chi connectivity index (χ3v) is 5.09. The van der Waals surface area contributed by atoms with E-state index in [2.05, 4.69) is 17.1 Å². The Morgan fingerprint density at radius 2 is 2.00 bits per heavy atom. The highest BCUT2D eigenvalue weighted by molar-refractivity contribution is 5.97. The zero-order chi connectivity index (χ0) is 18.8. The lowest BCUT2D eigenvalue weighted by Crippen LogP contribution is -2.47. The van der Waals surface area contributed by atoms with E-state index in [4.69, 9.17) is 4.74 Å². The summed E-state index contributed by atoms with van der Waals surface area (Å²) in [4.78, 5) is 30.7. The van der Waals surface area contributed by atoms with Gasteiger partial charge in [0.25, 0.3) is 5.91 Å². The fraction of sp³-hybridized carbons (Fsp3) is 0.273. The Morgan fingerprint density at radius 1 is 1.19 bits per heavy atom. The number of carbonyl (C=O) groups excluding carboxylic acids is 1. The number of nitrogens with zero attached hydrogens (tertiary/aromatic N) is 1. The maximum atomic E-state index is 13.0. The first-order chi connectivity index (χ1) is 13.1. The van der Waals surface area contributed by atoms with Crippen LogP contribution < -0.4 is 5.43 Å². The number of carbonyl (C=O) groups is 1. The Kier molecular flexibility index (Phi) is 4.77. The van der Waals surface area contributed by atoms with E-state index in [1.165, 1.54) is 5.56 Å². The molecule has 1 aliphatic heterocycles. The number of fused-ring (bicyclic) bond motifs is 1. The van der Waals surface area contributed by atoms with Crippen molar-refractivity contribution >= 4 is 16.8 Å². The van der Waals surface area contributed by atoms with Gasteiger partial charge in [-0.1, -0.05) is 42.5 Å². The standard InChI is InChI=1S/C22H22N2O3/c1-15-6-5-9-18-20(15)23-13-19(21(18)25)22(26)24-10-11-27-17(14-24)12-16-7-3-2-4-8-16/h2-9,13,17H,10-12,14H2,1H3,(H,23,25). The molecule has 138 valence electrons. The van der Waals surface area contributed by atoms with Crippen molar-refractivity contribution in [3.8, 4) is 0 Å². The van der Waals surface area contributed by atoms with Gasteiger partial charge in [0.05, 0.1) is 18.2 Å². The molecule has 1 atom stereocenters. The molecular weight excluding hydrogens is 340 g/mol. The van der Waals surface area contributed by atoms with Gasteiger partial charge in [-0.25, -0.2) is 0 Å². The van der Waals surface area contributed by atoms with Crippen LogP contribution in [-0.2, 0) is 11.2 Å². The van der Waals surface area contributed by atoms with E-state index >= 15 is 0 Å². The molecule has 27 heavy (non-hydrogen) atoms. The molecule has 2 aromatic carbocycles. The van der Waals surface area contributed by atoms with Gasteiger partial charge < -0.3 is 14.6 Å². The van der Waals surface area contributed by atoms with E-state index in [1.807, 2.05) is 37.3 Å². The number of pyridine rings is 1. The number of hydrogen-bond acceptors (Lipinski definition) is 3. The number of hydrogen-bond donors (Lipinski definition) is 1. The Labute approximate surface area is 157 Å². The maximum Gasteiger partial charge on any atom is 0.259 e. The number of benzene rings is 2. The van der Waals surface area contributed by atoms with Gasteiger partial charge in [-0.15, -0.1) is 0 Å². The molecule has 5 nitrogen and oxygen atoms in total. The topological polar surface area (TPSA) is 62.4 Å². The van der Waals surface area contributed by atoms with Crippen molar-refractivity contribution in [2.45, 2.75) is 19.4 Å². The van der Waals surface area contributed by atoms with Gasteiger partial charge in [0, 0.05) is 31.1 Å². The molecule has 1 aliphatic rings. The van der Waals surface area contributed by atoms with E-state index in [0.29, 0.717) is 25.1 Å². The number of aromatic nitrogens is 1. The van der Waals surface area contributed by atoms with Crippen molar-refractivity contribution in [2.75, 3.05) is 19.7 Å². The summed E-state index contributed by atoms with van der Waals surface area (Å²) in [5.41, 5.74) is 2.91. The molecule has 0 saturated carbocycles. The van der Waals surface area contributed by atoms with E-state index in [-0.39, 0.29) is 23.0 Å². The normalized spacial score (nSPS) is 17.2. The predicted molar refractivity (Wildman–Crippen MR) is 105 cm³/mol. The van der Waals surface area contributed by atoms with Gasteiger partial charge in [-0.2, -0.15) is 0 Å². The molecular formula is C22H22N2O3. The molecule has 0 spiro atoms. The Morgan fingerprint density at radius 3 is 2.81 bits per heavy atom. The lowest BCUT2D eigenvalue weighted by Gasteiger charge is -2.33. The SMILES string of the molecule is Cc1cccc2c(=O)c(C(=O)N3CCOC(Cc4ccccc4)C3)c[nH]c12. The van der Waals surface area contributed by atoms with Crippen LogP contribution in [0.15, 0.2) is 59.5 Å². The quantitative estimate of drug-likeness (QED) is 0.779. The summed E-state index contributed by atoms with van der Waals surface area (Å²) in [6, 6.07) is 15.6. The van der Waals surface area contributed by atoms with Crippen LogP contribution in [-0.4, -0.2) is 41.6 Å². The number of ether oxygens (including phenoxy) is 1. The van der Waals surface area contributed by atoms with Crippen molar-refractivity contribution in [1.82, 2.24) is 9.88 Å². The average molecular weight is 362 g/mol. The lowest BCUT2D eigenvalue weighted by molar-refractivity contribution is -0.0208. The second-order valence-corrected chi connectivity index (χ2v) is 6.96. The molecule has 4 rings (SSSR count). The molecule has 1 unspecified atom stereocenters. The Balaban J connectivity index is 1.56. The van der Waals surface area contributed by atoms with Crippen LogP contribution in [0.1, 0.15) is 21.5 Å². The summed E-state index contributed by atoms with van der Waals surface area (Å²) in [5, 5.41) is 0.551. The monoisotopic (exact) mass is 362 g/mol. The van der Waals surface area contributed by atoms with Crippen molar-refractivity contribution in [1.29, 1.82) is 0 Å². The molecule has 1 saturated heterocycles. The number of aryl methyl sites for hydroxylation is 1. The number of para-hydroxylation sites is 1. The fourth-order valence-electron chi connectivity index (χ4n) is 3.64. The zero-order valence-electron chi connectivity index (χ0n) is 15.3. The van der Waals surface area contributed by atoms with Gasteiger partial charge in [-0.05, 0) is 24.1 Å². The lowest BCUT2D eigenvalue weighted by atomic mass is 10.1. The fourth-order valence-corrected chi connectivity index (χ4v) is 3.64. The molecule has 1 fully saturated rings. The second kappa shape index (κ2) is 7.37. The van der Waals surface area contributed by atoms with Gasteiger partial charge in [0.15, 0.2) is 0 Å². The summed E-state index contributed by atoms with van der Waals surface area (Å²) in [6.45, 7) is 3.40. The summed E-state index contributed by atoms with van der Waals surface area (Å²) >= 11 is 0. The Bertz CT molecular complexity index is 1030. The van der Waals surface area contributed by atoms with Crippen LogP contribution in [0.2, 0.25) is 0 Å². The van der Waals surface area contributed by atoms with Gasteiger partial charge in [0.2, 0.25) is 5.43 Å². The third-order valence-electron chi connectivity index (χ3n) is 5.09. The van der Waals surface area contributed by atoms with Crippen LogP contribution in [0.5, 0.6) is 0 Å². The predicted octanol–water partition coefficient (Wildman–Crippen LogP) is 2.92. The van der Waals surface area contributed by atoms with Crippen LogP contribution in [0, 0.1) is 6.92 Å². The zero-order valence-corrected chi connectivity index (χ0v) is 15.3. The minimum Gasteiger partial charge on any atom is -0.374 e.